The quantitative estimate of drug-likeness (QED) is 0.634. The lowest BCUT2D eigenvalue weighted by Crippen LogP contribution is -2.32. The summed E-state index contributed by atoms with van der Waals surface area (Å²) in [6.45, 7) is 0. The third-order valence-corrected chi connectivity index (χ3v) is 5.94. The van der Waals surface area contributed by atoms with Crippen molar-refractivity contribution in [3.8, 4) is 11.5 Å². The Morgan fingerprint density at radius 3 is 1.55 bits per heavy atom. The van der Waals surface area contributed by atoms with E-state index in [4.69, 9.17) is 9.31 Å². The van der Waals surface area contributed by atoms with Crippen molar-refractivity contribution < 1.29 is 18.9 Å². The number of benzene rings is 2. The minimum atomic E-state index is -0.0840. The molecule has 0 saturated heterocycles. The van der Waals surface area contributed by atoms with E-state index in [9.17, 15) is 9.59 Å². The van der Waals surface area contributed by atoms with Crippen LogP contribution in [0.25, 0.3) is 0 Å². The van der Waals surface area contributed by atoms with Gasteiger partial charge in [-0.2, -0.15) is 0 Å². The molecule has 7 heteroatoms. The van der Waals surface area contributed by atoms with Gasteiger partial charge in [-0.05, 0) is 62.1 Å². The fraction of sp³-hybridized carbons (Fsp3) is 0.417. The van der Waals surface area contributed by atoms with Gasteiger partial charge in [0, 0.05) is 23.2 Å². The van der Waals surface area contributed by atoms with Gasteiger partial charge in [0.25, 0.3) is 11.8 Å². The first-order valence-corrected chi connectivity index (χ1v) is 11.1. The van der Waals surface area contributed by atoms with Crippen LogP contribution in [0.1, 0.15) is 72.1 Å². The van der Waals surface area contributed by atoms with Crippen LogP contribution in [0.5, 0.6) is 11.5 Å². The third-order valence-electron chi connectivity index (χ3n) is 5.94. The van der Waals surface area contributed by atoms with Gasteiger partial charge in [0.2, 0.25) is 0 Å². The maximum absolute atomic E-state index is 12.4. The lowest BCUT2D eigenvalue weighted by molar-refractivity contribution is 0.0929. The summed E-state index contributed by atoms with van der Waals surface area (Å²) in [6, 6.07) is 14.5. The molecule has 0 aliphatic heterocycles. The van der Waals surface area contributed by atoms with Gasteiger partial charge in [0.1, 0.15) is 11.5 Å². The molecule has 2 N–H and O–H groups in total. The van der Waals surface area contributed by atoms with E-state index >= 15 is 0 Å². The average Bonchev–Trinajstić information content (AvgIpc) is 3.49. The molecule has 1 radical (unpaired) electrons. The Balaban J connectivity index is 1.28. The predicted octanol–water partition coefficient (Wildman–Crippen LogP) is 4.02. The summed E-state index contributed by atoms with van der Waals surface area (Å²) in [5.74, 6) is 0.849. The summed E-state index contributed by atoms with van der Waals surface area (Å²) in [7, 11) is 1.21. The Labute approximate surface area is 184 Å². The molecule has 0 aromatic heterocycles. The van der Waals surface area contributed by atoms with Crippen LogP contribution in [0.15, 0.2) is 48.5 Å². The van der Waals surface area contributed by atoms with Crippen LogP contribution in [-0.2, 0) is 0 Å². The Kier molecular flexibility index (Phi) is 7.13. The van der Waals surface area contributed by atoms with Crippen molar-refractivity contribution in [1.82, 2.24) is 10.6 Å². The van der Waals surface area contributed by atoms with Gasteiger partial charge < -0.3 is 19.9 Å². The first-order chi connectivity index (χ1) is 15.2. The molecule has 0 atom stereocenters. The number of nitrogens with one attached hydrogen (secondary N) is 2. The number of hydrogen-bond donors (Lipinski definition) is 2. The summed E-state index contributed by atoms with van der Waals surface area (Å²) in [5, 5.41) is 6.15. The van der Waals surface area contributed by atoms with Crippen LogP contribution in [0.3, 0.4) is 0 Å². The Morgan fingerprint density at radius 2 is 1.13 bits per heavy atom. The van der Waals surface area contributed by atoms with Crippen molar-refractivity contribution >= 4 is 19.5 Å². The Hall–Kier alpha value is -2.96. The first kappa shape index (κ1) is 21.3. The number of amides is 2. The van der Waals surface area contributed by atoms with Crippen LogP contribution in [-0.4, -0.2) is 31.6 Å². The van der Waals surface area contributed by atoms with E-state index in [0.29, 0.717) is 22.6 Å². The lowest BCUT2D eigenvalue weighted by Gasteiger charge is -2.13. The lowest BCUT2D eigenvalue weighted by atomic mass is 10.1. The van der Waals surface area contributed by atoms with Gasteiger partial charge in [-0.15, -0.1) is 0 Å². The van der Waals surface area contributed by atoms with Crippen LogP contribution in [0, 0.1) is 0 Å². The number of carbonyl (C=O) groups excluding carboxylic acids is 2. The molecule has 2 aliphatic rings. The highest BCUT2D eigenvalue weighted by Crippen LogP contribution is 2.21. The molecule has 4 rings (SSSR count). The highest BCUT2D eigenvalue weighted by atomic mass is 16.6. The molecule has 2 aromatic rings. The van der Waals surface area contributed by atoms with Crippen molar-refractivity contribution in [3.05, 3.63) is 59.7 Å². The zero-order valence-corrected chi connectivity index (χ0v) is 17.6. The van der Waals surface area contributed by atoms with Crippen LogP contribution >= 0.6 is 0 Å². The zero-order chi connectivity index (χ0) is 21.5. The minimum Gasteiger partial charge on any atom is -0.526 e. The Morgan fingerprint density at radius 1 is 0.710 bits per heavy atom. The number of carbonyl (C=O) groups is 2. The summed E-state index contributed by atoms with van der Waals surface area (Å²) in [4.78, 5) is 24.9. The van der Waals surface area contributed by atoms with Crippen molar-refractivity contribution in [1.29, 1.82) is 0 Å². The normalized spacial score (nSPS) is 16.6. The monoisotopic (exact) mass is 419 g/mol. The fourth-order valence-corrected chi connectivity index (χ4v) is 4.23. The number of rotatable bonds is 8. The second kappa shape index (κ2) is 10.4. The SMILES string of the molecule is O=C(NC1CCCC1)c1cccc(O[B]Oc2cccc(C(=O)NC3CCCC3)c2)c1. The van der Waals surface area contributed by atoms with Gasteiger partial charge in [-0.1, -0.05) is 37.8 Å². The molecular weight excluding hydrogens is 391 g/mol. The maximum Gasteiger partial charge on any atom is 0.658 e. The predicted molar refractivity (Wildman–Crippen MR) is 119 cm³/mol. The van der Waals surface area contributed by atoms with Gasteiger partial charge in [-0.25, -0.2) is 0 Å². The molecule has 161 valence electrons. The smallest absolute Gasteiger partial charge is 0.526 e. The zero-order valence-electron chi connectivity index (χ0n) is 17.6. The van der Waals surface area contributed by atoms with Crippen molar-refractivity contribution in [2.24, 2.45) is 0 Å². The molecule has 2 aliphatic carbocycles. The largest absolute Gasteiger partial charge is 0.658 e. The molecule has 2 amide bonds. The van der Waals surface area contributed by atoms with Crippen LogP contribution in [0.2, 0.25) is 0 Å². The molecule has 6 nitrogen and oxygen atoms in total. The Bertz CT molecular complexity index is 834. The van der Waals surface area contributed by atoms with E-state index in [1.807, 2.05) is 0 Å². The highest BCUT2D eigenvalue weighted by molar-refractivity contribution is 6.20. The number of hydrogen-bond acceptors (Lipinski definition) is 4. The second-order valence-corrected chi connectivity index (χ2v) is 8.30. The summed E-state index contributed by atoms with van der Waals surface area (Å²) in [6.07, 6.45) is 8.85. The van der Waals surface area contributed by atoms with E-state index in [2.05, 4.69) is 10.6 Å². The van der Waals surface area contributed by atoms with Crippen LogP contribution < -0.4 is 19.9 Å². The van der Waals surface area contributed by atoms with E-state index in [1.54, 1.807) is 48.5 Å². The van der Waals surface area contributed by atoms with Crippen molar-refractivity contribution in [3.63, 3.8) is 0 Å². The second-order valence-electron chi connectivity index (χ2n) is 8.30. The third kappa shape index (κ3) is 6.03. The standard InChI is InChI=1S/C24H28BN2O4/c28-23(26-19-9-1-2-10-19)17-7-5-13-21(15-17)30-25-31-22-14-6-8-18(16-22)24(29)27-20-11-3-4-12-20/h5-8,13-16,19-20H,1-4,9-12H2,(H,26,28)(H,27,29). The van der Waals surface area contributed by atoms with Gasteiger partial charge in [0.15, 0.2) is 0 Å². The van der Waals surface area contributed by atoms with Crippen molar-refractivity contribution in [2.75, 3.05) is 0 Å². The van der Waals surface area contributed by atoms with Crippen molar-refractivity contribution in [2.45, 2.75) is 63.5 Å². The average molecular weight is 419 g/mol. The molecule has 2 saturated carbocycles. The molecule has 0 unspecified atom stereocenters. The van der Waals surface area contributed by atoms with E-state index in [1.165, 1.54) is 33.4 Å². The van der Waals surface area contributed by atoms with E-state index in [-0.39, 0.29) is 23.9 Å². The molecule has 2 aromatic carbocycles. The van der Waals surface area contributed by atoms with Crippen LogP contribution in [0.4, 0.5) is 0 Å². The highest BCUT2D eigenvalue weighted by Gasteiger charge is 2.19. The topological polar surface area (TPSA) is 76.7 Å². The summed E-state index contributed by atoms with van der Waals surface area (Å²) >= 11 is 0. The molecule has 0 heterocycles. The molecular formula is C24H28BN2O4. The van der Waals surface area contributed by atoms with Gasteiger partial charge >= 0.3 is 7.69 Å². The summed E-state index contributed by atoms with van der Waals surface area (Å²) in [5.41, 5.74) is 1.12. The minimum absolute atomic E-state index is 0.0840. The molecule has 0 spiro atoms. The fourth-order valence-electron chi connectivity index (χ4n) is 4.23. The first-order valence-electron chi connectivity index (χ1n) is 11.1. The van der Waals surface area contributed by atoms with Gasteiger partial charge in [-0.3, -0.25) is 9.59 Å². The van der Waals surface area contributed by atoms with Gasteiger partial charge in [0.05, 0.1) is 0 Å². The molecule has 0 bridgehead atoms. The van der Waals surface area contributed by atoms with E-state index in [0.717, 1.165) is 25.7 Å². The maximum atomic E-state index is 12.4. The molecule has 2 fully saturated rings. The van der Waals surface area contributed by atoms with E-state index < -0.39 is 0 Å². The molecule has 31 heavy (non-hydrogen) atoms. The summed E-state index contributed by atoms with van der Waals surface area (Å²) < 4.78 is 11.1.